The van der Waals surface area contributed by atoms with Crippen molar-refractivity contribution in [3.63, 3.8) is 0 Å². The third kappa shape index (κ3) is 6.24. The molecular formula is C30H32ClF3. The summed E-state index contributed by atoms with van der Waals surface area (Å²) < 4.78 is 41.9. The summed E-state index contributed by atoms with van der Waals surface area (Å²) in [5.41, 5.74) is 4.91. The molecule has 0 aromatic heterocycles. The van der Waals surface area contributed by atoms with Crippen LogP contribution >= 0.6 is 11.6 Å². The van der Waals surface area contributed by atoms with E-state index in [1.54, 1.807) is 6.07 Å². The van der Waals surface area contributed by atoms with Crippen LogP contribution in [0.3, 0.4) is 0 Å². The Balaban J connectivity index is 1.25. The lowest BCUT2D eigenvalue weighted by Gasteiger charge is -2.29. The minimum Gasteiger partial charge on any atom is -0.207 e. The SMILES string of the molecule is CCc1ccc(C2CCC(CCc3ccc(CCc4cc(F)c(Cl)c(F)c4)c(F)c3)CC2)cc1. The zero-order chi connectivity index (χ0) is 24.1. The highest BCUT2D eigenvalue weighted by Gasteiger charge is 2.22. The maximum absolute atomic E-state index is 14.7. The first-order valence-electron chi connectivity index (χ1n) is 12.4. The van der Waals surface area contributed by atoms with E-state index in [4.69, 9.17) is 11.6 Å². The van der Waals surface area contributed by atoms with E-state index in [9.17, 15) is 13.2 Å². The molecule has 0 radical (unpaired) electrons. The normalized spacial score (nSPS) is 18.3. The Kier molecular flexibility index (Phi) is 8.37. The average molecular weight is 485 g/mol. The maximum Gasteiger partial charge on any atom is 0.145 e. The summed E-state index contributed by atoms with van der Waals surface area (Å²) in [6, 6.07) is 17.0. The van der Waals surface area contributed by atoms with Gasteiger partial charge in [-0.15, -0.1) is 0 Å². The van der Waals surface area contributed by atoms with Crippen LogP contribution in [0, 0.1) is 23.4 Å². The van der Waals surface area contributed by atoms with E-state index in [2.05, 4.69) is 31.2 Å². The van der Waals surface area contributed by atoms with E-state index in [1.807, 2.05) is 12.1 Å². The van der Waals surface area contributed by atoms with Gasteiger partial charge >= 0.3 is 0 Å². The molecule has 0 bridgehead atoms. The minimum atomic E-state index is -0.782. The van der Waals surface area contributed by atoms with Crippen LogP contribution in [-0.2, 0) is 25.7 Å². The third-order valence-electron chi connectivity index (χ3n) is 7.39. The van der Waals surface area contributed by atoms with Gasteiger partial charge in [0.15, 0.2) is 0 Å². The second kappa shape index (κ2) is 11.4. The molecule has 4 heteroatoms. The summed E-state index contributed by atoms with van der Waals surface area (Å²) in [5.74, 6) is -0.441. The fourth-order valence-corrected chi connectivity index (χ4v) is 5.27. The highest BCUT2D eigenvalue weighted by atomic mass is 35.5. The second-order valence-electron chi connectivity index (χ2n) is 9.65. The molecule has 3 aromatic carbocycles. The predicted molar refractivity (Wildman–Crippen MR) is 134 cm³/mol. The Morgan fingerprint density at radius 1 is 0.706 bits per heavy atom. The smallest absolute Gasteiger partial charge is 0.145 e. The van der Waals surface area contributed by atoms with Crippen molar-refractivity contribution in [2.75, 3.05) is 0 Å². The molecule has 1 aliphatic rings. The maximum atomic E-state index is 14.7. The topological polar surface area (TPSA) is 0 Å². The van der Waals surface area contributed by atoms with Gasteiger partial charge in [0.1, 0.15) is 22.5 Å². The van der Waals surface area contributed by atoms with Gasteiger partial charge in [-0.25, -0.2) is 13.2 Å². The molecule has 180 valence electrons. The van der Waals surface area contributed by atoms with Crippen LogP contribution < -0.4 is 0 Å². The van der Waals surface area contributed by atoms with Crippen LogP contribution in [0.25, 0.3) is 0 Å². The highest BCUT2D eigenvalue weighted by Crippen LogP contribution is 2.37. The average Bonchev–Trinajstić information content (AvgIpc) is 2.85. The van der Waals surface area contributed by atoms with Crippen molar-refractivity contribution in [2.45, 2.75) is 70.6 Å². The van der Waals surface area contributed by atoms with E-state index in [0.29, 0.717) is 35.8 Å². The zero-order valence-electron chi connectivity index (χ0n) is 19.7. The molecule has 1 saturated carbocycles. The Morgan fingerprint density at radius 3 is 1.94 bits per heavy atom. The summed E-state index contributed by atoms with van der Waals surface area (Å²) in [7, 11) is 0. The van der Waals surface area contributed by atoms with E-state index < -0.39 is 16.7 Å². The Morgan fingerprint density at radius 2 is 1.32 bits per heavy atom. The molecule has 0 saturated heterocycles. The monoisotopic (exact) mass is 484 g/mol. The van der Waals surface area contributed by atoms with Gasteiger partial charge in [0.2, 0.25) is 0 Å². The number of hydrogen-bond donors (Lipinski definition) is 0. The summed E-state index contributed by atoms with van der Waals surface area (Å²) >= 11 is 5.53. The Bertz CT molecular complexity index is 1080. The van der Waals surface area contributed by atoms with Gasteiger partial charge in [-0.3, -0.25) is 0 Å². The molecule has 4 rings (SSSR count). The number of benzene rings is 3. The first kappa shape index (κ1) is 24.9. The van der Waals surface area contributed by atoms with Gasteiger partial charge in [-0.1, -0.05) is 54.9 Å². The molecule has 0 nitrogen and oxygen atoms in total. The van der Waals surface area contributed by atoms with Gasteiger partial charge in [0.25, 0.3) is 0 Å². The summed E-state index contributed by atoms with van der Waals surface area (Å²) in [4.78, 5) is 0. The van der Waals surface area contributed by atoms with Gasteiger partial charge in [-0.2, -0.15) is 0 Å². The van der Waals surface area contributed by atoms with Crippen molar-refractivity contribution in [1.29, 1.82) is 0 Å². The van der Waals surface area contributed by atoms with Crippen molar-refractivity contribution in [2.24, 2.45) is 5.92 Å². The van der Waals surface area contributed by atoms with Crippen molar-refractivity contribution in [1.82, 2.24) is 0 Å². The highest BCUT2D eigenvalue weighted by molar-refractivity contribution is 6.30. The molecule has 0 N–H and O–H groups in total. The van der Waals surface area contributed by atoms with Crippen molar-refractivity contribution < 1.29 is 13.2 Å². The summed E-state index contributed by atoms with van der Waals surface area (Å²) in [6.07, 6.45) is 8.71. The molecule has 0 amide bonds. The molecule has 0 spiro atoms. The number of halogens is 4. The van der Waals surface area contributed by atoms with Gasteiger partial charge < -0.3 is 0 Å². The fourth-order valence-electron chi connectivity index (χ4n) is 5.16. The molecule has 0 aliphatic heterocycles. The third-order valence-corrected chi connectivity index (χ3v) is 7.75. The zero-order valence-corrected chi connectivity index (χ0v) is 20.5. The standard InChI is InChI=1S/C30H32ClF3/c1-2-20-5-11-24(12-6-20)25-13-7-21(8-14-25)3-4-22-9-15-26(27(32)17-22)16-10-23-18-28(33)30(31)29(34)19-23/h5-6,9,11-12,15,17-19,21,25H,2-4,7-8,10,13-14,16H2,1H3. The Labute approximate surface area is 206 Å². The lowest BCUT2D eigenvalue weighted by Crippen LogP contribution is -2.14. The lowest BCUT2D eigenvalue weighted by molar-refractivity contribution is 0.310. The van der Waals surface area contributed by atoms with Crippen molar-refractivity contribution in [3.05, 3.63) is 105 Å². The van der Waals surface area contributed by atoms with Crippen LogP contribution in [0.2, 0.25) is 5.02 Å². The first-order chi connectivity index (χ1) is 16.4. The van der Waals surface area contributed by atoms with Gasteiger partial charge in [0, 0.05) is 0 Å². The van der Waals surface area contributed by atoms with E-state index in [1.165, 1.54) is 48.9 Å². The van der Waals surface area contributed by atoms with E-state index >= 15 is 0 Å². The molecule has 1 aliphatic carbocycles. The largest absolute Gasteiger partial charge is 0.207 e. The Hall–Kier alpha value is -2.26. The first-order valence-corrected chi connectivity index (χ1v) is 12.8. The van der Waals surface area contributed by atoms with Crippen LogP contribution in [0.5, 0.6) is 0 Å². The second-order valence-corrected chi connectivity index (χ2v) is 10.0. The van der Waals surface area contributed by atoms with Crippen LogP contribution in [0.15, 0.2) is 54.6 Å². The minimum absolute atomic E-state index is 0.244. The molecule has 3 aromatic rings. The molecule has 0 atom stereocenters. The fraction of sp³-hybridized carbons (Fsp3) is 0.400. The van der Waals surface area contributed by atoms with E-state index in [-0.39, 0.29) is 5.82 Å². The van der Waals surface area contributed by atoms with Crippen LogP contribution in [0.1, 0.15) is 72.8 Å². The van der Waals surface area contributed by atoms with Crippen molar-refractivity contribution >= 4 is 11.6 Å². The van der Waals surface area contributed by atoms with Crippen LogP contribution in [0.4, 0.5) is 13.2 Å². The molecule has 1 fully saturated rings. The predicted octanol–water partition coefficient (Wildman–Crippen LogP) is 9.01. The van der Waals surface area contributed by atoms with Crippen molar-refractivity contribution in [3.8, 4) is 0 Å². The number of hydrogen-bond acceptors (Lipinski definition) is 0. The molecule has 34 heavy (non-hydrogen) atoms. The van der Waals surface area contributed by atoms with E-state index in [0.717, 1.165) is 24.8 Å². The number of aryl methyl sites for hydroxylation is 4. The lowest BCUT2D eigenvalue weighted by atomic mass is 9.77. The van der Waals surface area contributed by atoms with Gasteiger partial charge in [-0.05, 0) is 116 Å². The molecular weight excluding hydrogens is 453 g/mol. The molecule has 0 heterocycles. The molecule has 0 unspecified atom stereocenters. The van der Waals surface area contributed by atoms with Gasteiger partial charge in [0.05, 0.1) is 0 Å². The summed E-state index contributed by atoms with van der Waals surface area (Å²) in [6.45, 7) is 2.19. The summed E-state index contributed by atoms with van der Waals surface area (Å²) in [5, 5.41) is -0.501. The van der Waals surface area contributed by atoms with Crippen LogP contribution in [-0.4, -0.2) is 0 Å². The quantitative estimate of drug-likeness (QED) is 0.280. The number of rotatable bonds is 8.